The van der Waals surface area contributed by atoms with Crippen LogP contribution in [0.3, 0.4) is 0 Å². The molecule has 0 aromatic heterocycles. The van der Waals surface area contributed by atoms with Crippen molar-refractivity contribution in [1.29, 1.82) is 0 Å². The highest BCUT2D eigenvalue weighted by atomic mass is 15.1. The third-order valence-electron chi connectivity index (χ3n) is 3.65. The molecular weight excluding hydrogens is 218 g/mol. The molecule has 0 saturated heterocycles. The van der Waals surface area contributed by atoms with E-state index in [9.17, 15) is 0 Å². The number of hydrogen-bond donors (Lipinski definition) is 0. The summed E-state index contributed by atoms with van der Waals surface area (Å²) in [7, 11) is 0. The fourth-order valence-electron chi connectivity index (χ4n) is 2.77. The van der Waals surface area contributed by atoms with Crippen molar-refractivity contribution >= 4 is 23.9 Å². The second kappa shape index (κ2) is 3.61. The summed E-state index contributed by atoms with van der Waals surface area (Å²) in [4.78, 5) is 2.17. The Morgan fingerprint density at radius 2 is 1.89 bits per heavy atom. The second-order valence-corrected chi connectivity index (χ2v) is 4.68. The van der Waals surface area contributed by atoms with Gasteiger partial charge in [0, 0.05) is 17.6 Å². The molecule has 0 unspecified atom stereocenters. The standard InChI is InChI=1S/C17H13N/c1-2-6-14-13(5-1)8-9-16-15(14)10-12-18-11-4-3-7-17(16)18/h2-12H,1H2. The molecule has 0 N–H and O–H groups in total. The van der Waals surface area contributed by atoms with Gasteiger partial charge in [-0.25, -0.2) is 0 Å². The average Bonchev–Trinajstić information content (AvgIpc) is 2.46. The van der Waals surface area contributed by atoms with Gasteiger partial charge in [0.25, 0.3) is 0 Å². The Labute approximate surface area is 106 Å². The van der Waals surface area contributed by atoms with E-state index in [1.54, 1.807) is 0 Å². The molecule has 1 aliphatic carbocycles. The third-order valence-corrected chi connectivity index (χ3v) is 3.65. The van der Waals surface area contributed by atoms with Gasteiger partial charge in [-0.1, -0.05) is 36.4 Å². The van der Waals surface area contributed by atoms with E-state index in [4.69, 9.17) is 0 Å². The van der Waals surface area contributed by atoms with Crippen LogP contribution in [0.2, 0.25) is 0 Å². The molecule has 0 saturated carbocycles. The normalized spacial score (nSPS) is 18.2. The summed E-state index contributed by atoms with van der Waals surface area (Å²) in [5.41, 5.74) is 3.95. The van der Waals surface area contributed by atoms with Gasteiger partial charge in [0.15, 0.2) is 0 Å². The Bertz CT molecular complexity index is 758. The number of benzene rings is 1. The molecule has 0 atom stereocenters. The molecule has 1 aromatic carbocycles. The van der Waals surface area contributed by atoms with E-state index < -0.39 is 0 Å². The maximum absolute atomic E-state index is 2.29. The Balaban J connectivity index is 2.13. The lowest BCUT2D eigenvalue weighted by Crippen LogP contribution is -2.27. The zero-order chi connectivity index (χ0) is 11.9. The van der Waals surface area contributed by atoms with Gasteiger partial charge in [-0.3, -0.25) is 0 Å². The fraction of sp³-hybridized carbons (Fsp3) is 0.0588. The molecule has 0 spiro atoms. The Kier molecular flexibility index (Phi) is 1.95. The van der Waals surface area contributed by atoms with E-state index in [1.807, 2.05) is 0 Å². The molecule has 1 aromatic rings. The first-order valence-corrected chi connectivity index (χ1v) is 6.29. The zero-order valence-corrected chi connectivity index (χ0v) is 10.0. The van der Waals surface area contributed by atoms with Crippen LogP contribution in [-0.4, -0.2) is 4.90 Å². The van der Waals surface area contributed by atoms with E-state index in [-0.39, 0.29) is 0 Å². The Hall–Kier alpha value is -2.28. The summed E-state index contributed by atoms with van der Waals surface area (Å²) >= 11 is 0. The van der Waals surface area contributed by atoms with Crippen molar-refractivity contribution in [2.24, 2.45) is 0 Å². The number of rotatable bonds is 0. The summed E-state index contributed by atoms with van der Waals surface area (Å²) in [6.45, 7) is 0. The highest BCUT2D eigenvalue weighted by Gasteiger charge is 2.13. The van der Waals surface area contributed by atoms with Crippen LogP contribution < -0.4 is 10.4 Å². The smallest absolute Gasteiger partial charge is 0.0527 e. The van der Waals surface area contributed by atoms with Gasteiger partial charge in [-0.2, -0.15) is 0 Å². The molecule has 2 aliphatic heterocycles. The van der Waals surface area contributed by atoms with Crippen LogP contribution in [0.15, 0.2) is 48.8 Å². The lowest BCUT2D eigenvalue weighted by molar-refractivity contribution is 0.718. The Morgan fingerprint density at radius 3 is 2.89 bits per heavy atom. The van der Waals surface area contributed by atoms with Gasteiger partial charge in [-0.15, -0.1) is 0 Å². The molecule has 4 rings (SSSR count). The van der Waals surface area contributed by atoms with E-state index in [0.29, 0.717) is 0 Å². The molecule has 0 amide bonds. The molecule has 2 heterocycles. The van der Waals surface area contributed by atoms with Gasteiger partial charge in [0.2, 0.25) is 0 Å². The van der Waals surface area contributed by atoms with Crippen molar-refractivity contribution in [2.45, 2.75) is 6.42 Å². The highest BCUT2D eigenvalue weighted by molar-refractivity contribution is 5.76. The van der Waals surface area contributed by atoms with Crippen molar-refractivity contribution in [3.05, 3.63) is 70.4 Å². The number of nitrogens with zero attached hydrogens (tertiary/aromatic N) is 1. The average molecular weight is 231 g/mol. The van der Waals surface area contributed by atoms with Crippen molar-refractivity contribution in [3.8, 4) is 0 Å². The van der Waals surface area contributed by atoms with Gasteiger partial charge in [0.05, 0.1) is 5.70 Å². The van der Waals surface area contributed by atoms with Crippen molar-refractivity contribution < 1.29 is 0 Å². The first-order chi connectivity index (χ1) is 8.93. The number of hydrogen-bond acceptors (Lipinski definition) is 1. The molecule has 18 heavy (non-hydrogen) atoms. The van der Waals surface area contributed by atoms with Crippen molar-refractivity contribution in [1.82, 2.24) is 4.90 Å². The van der Waals surface area contributed by atoms with Gasteiger partial charge in [-0.05, 0) is 41.0 Å². The van der Waals surface area contributed by atoms with Gasteiger partial charge >= 0.3 is 0 Å². The predicted molar refractivity (Wildman–Crippen MR) is 76.4 cm³/mol. The van der Waals surface area contributed by atoms with Crippen LogP contribution in [0.5, 0.6) is 0 Å². The number of fused-ring (bicyclic) bond motifs is 4. The largest absolute Gasteiger partial charge is 0.323 e. The summed E-state index contributed by atoms with van der Waals surface area (Å²) in [5, 5.41) is 2.67. The molecular formula is C17H13N. The van der Waals surface area contributed by atoms with E-state index in [2.05, 4.69) is 72.0 Å². The molecule has 86 valence electrons. The summed E-state index contributed by atoms with van der Waals surface area (Å²) in [5.74, 6) is 0. The van der Waals surface area contributed by atoms with E-state index >= 15 is 0 Å². The predicted octanol–water partition coefficient (Wildman–Crippen LogP) is 2.36. The van der Waals surface area contributed by atoms with E-state index in [0.717, 1.165) is 6.42 Å². The molecule has 0 radical (unpaired) electrons. The quantitative estimate of drug-likeness (QED) is 0.662. The van der Waals surface area contributed by atoms with E-state index in [1.165, 1.54) is 27.3 Å². The maximum atomic E-state index is 2.29. The van der Waals surface area contributed by atoms with Crippen LogP contribution in [0.1, 0.15) is 17.5 Å². The van der Waals surface area contributed by atoms with Crippen LogP contribution in [0.4, 0.5) is 0 Å². The first kappa shape index (κ1) is 9.72. The van der Waals surface area contributed by atoms with Crippen LogP contribution in [0.25, 0.3) is 23.9 Å². The second-order valence-electron chi connectivity index (χ2n) is 4.68. The highest BCUT2D eigenvalue weighted by Crippen LogP contribution is 2.20. The number of allylic oxidation sites excluding steroid dienone is 3. The summed E-state index contributed by atoms with van der Waals surface area (Å²) in [6, 6.07) is 4.47. The lowest BCUT2D eigenvalue weighted by atomic mass is 9.95. The first-order valence-electron chi connectivity index (χ1n) is 6.29. The van der Waals surface area contributed by atoms with Gasteiger partial charge < -0.3 is 4.90 Å². The SMILES string of the molecule is C1=CC2=c3ccc4c(c3C=CN2C=C1)C=CCC=4. The van der Waals surface area contributed by atoms with Crippen molar-refractivity contribution in [2.75, 3.05) is 0 Å². The van der Waals surface area contributed by atoms with Gasteiger partial charge in [0.1, 0.15) is 0 Å². The minimum Gasteiger partial charge on any atom is -0.323 e. The van der Waals surface area contributed by atoms with Crippen molar-refractivity contribution in [3.63, 3.8) is 0 Å². The minimum absolute atomic E-state index is 1.04. The molecule has 1 heteroatoms. The monoisotopic (exact) mass is 231 g/mol. The zero-order valence-electron chi connectivity index (χ0n) is 10.0. The third kappa shape index (κ3) is 1.28. The van der Waals surface area contributed by atoms with Crippen LogP contribution in [0, 0.1) is 0 Å². The maximum Gasteiger partial charge on any atom is 0.0527 e. The topological polar surface area (TPSA) is 3.24 Å². The minimum atomic E-state index is 1.04. The molecule has 0 bridgehead atoms. The Morgan fingerprint density at radius 1 is 0.889 bits per heavy atom. The molecule has 0 fully saturated rings. The lowest BCUT2D eigenvalue weighted by Gasteiger charge is -2.24. The molecule has 3 aliphatic rings. The molecule has 1 nitrogen and oxygen atoms in total. The van der Waals surface area contributed by atoms with Crippen LogP contribution in [-0.2, 0) is 0 Å². The van der Waals surface area contributed by atoms with Crippen LogP contribution >= 0.6 is 0 Å². The summed E-state index contributed by atoms with van der Waals surface area (Å²) in [6.07, 6.45) is 20.6. The summed E-state index contributed by atoms with van der Waals surface area (Å²) < 4.78 is 0. The fourth-order valence-corrected chi connectivity index (χ4v) is 2.77.